The van der Waals surface area contributed by atoms with Crippen molar-refractivity contribution in [1.29, 1.82) is 0 Å². The number of carbonyl (C=O) groups excluding carboxylic acids is 1. The molecule has 0 unspecified atom stereocenters. The number of hydrogen-bond donors (Lipinski definition) is 0. The Balaban J connectivity index is 2.31. The molecular weight excluding hydrogens is 378 g/mol. The molecule has 2 aromatic carbocycles. The number of halogens is 2. The molecule has 2 rings (SSSR count). The summed E-state index contributed by atoms with van der Waals surface area (Å²) in [4.78, 5) is 12.1. The van der Waals surface area contributed by atoms with Gasteiger partial charge >= 0.3 is 125 Å². The van der Waals surface area contributed by atoms with Gasteiger partial charge in [0.15, 0.2) is 0 Å². The molecule has 0 heterocycles. The molecule has 0 aliphatic heterocycles. The molecule has 19 heavy (non-hydrogen) atoms. The third-order valence-corrected chi connectivity index (χ3v) is 5.11. The van der Waals surface area contributed by atoms with Gasteiger partial charge in [-0.15, -0.1) is 0 Å². The number of benzene rings is 2. The molecule has 0 saturated heterocycles. The Morgan fingerprint density at radius 2 is 1.74 bits per heavy atom. The van der Waals surface area contributed by atoms with Crippen molar-refractivity contribution in [1.82, 2.24) is 0 Å². The van der Waals surface area contributed by atoms with E-state index in [1.807, 2.05) is 30.3 Å². The molecule has 0 spiro atoms. The summed E-state index contributed by atoms with van der Waals surface area (Å²) in [6.07, 6.45) is 1.51. The average Bonchev–Trinajstić information content (AvgIpc) is 2.45. The zero-order chi connectivity index (χ0) is 13.7. The van der Waals surface area contributed by atoms with Crippen LogP contribution in [0.15, 0.2) is 60.7 Å². The summed E-state index contributed by atoms with van der Waals surface area (Å²) in [6, 6.07) is 15.2. The van der Waals surface area contributed by atoms with E-state index in [4.69, 9.17) is 8.96 Å². The number of allylic oxidation sites excluding steroid dienone is 1. The molecule has 96 valence electrons. The quantitative estimate of drug-likeness (QED) is 0.441. The van der Waals surface area contributed by atoms with E-state index in [2.05, 4.69) is 0 Å². The second-order valence-electron chi connectivity index (χ2n) is 3.83. The van der Waals surface area contributed by atoms with E-state index in [9.17, 15) is 9.18 Å². The molecule has 0 aliphatic carbocycles. The molecule has 0 bridgehead atoms. The Bertz CT molecular complexity index is 611. The molecule has 4 heteroatoms. The molecule has 0 amide bonds. The standard InChI is InChI=1S/C15H10ClFOTe/c16-19-15(11-5-2-1-3-6-11)10-14(18)12-7-4-8-13(17)9-12/h1-10H/b15-10-. The average molecular weight is 388 g/mol. The predicted molar refractivity (Wildman–Crippen MR) is 76.8 cm³/mol. The maximum absolute atomic E-state index is 13.1. The molecule has 0 atom stereocenters. The fourth-order valence-electron chi connectivity index (χ4n) is 1.60. The van der Waals surface area contributed by atoms with Gasteiger partial charge < -0.3 is 0 Å². The van der Waals surface area contributed by atoms with E-state index < -0.39 is 25.6 Å². The van der Waals surface area contributed by atoms with E-state index in [1.165, 1.54) is 24.3 Å². The van der Waals surface area contributed by atoms with Crippen LogP contribution in [-0.4, -0.2) is 25.6 Å². The molecule has 0 aliphatic rings. The fraction of sp³-hybridized carbons (Fsp3) is 0. The minimum atomic E-state index is -0.930. The van der Waals surface area contributed by atoms with Crippen LogP contribution in [0.1, 0.15) is 15.9 Å². The molecule has 0 saturated carbocycles. The minimum absolute atomic E-state index is 0.218. The molecule has 0 aromatic heterocycles. The van der Waals surface area contributed by atoms with Crippen LogP contribution in [0.25, 0.3) is 3.62 Å². The topological polar surface area (TPSA) is 17.1 Å². The van der Waals surface area contributed by atoms with Crippen LogP contribution >= 0.6 is 8.96 Å². The van der Waals surface area contributed by atoms with Crippen LogP contribution in [-0.2, 0) is 0 Å². The van der Waals surface area contributed by atoms with Crippen LogP contribution in [0.5, 0.6) is 0 Å². The van der Waals surface area contributed by atoms with Crippen molar-refractivity contribution in [2.75, 3.05) is 0 Å². The first-order chi connectivity index (χ1) is 9.20. The van der Waals surface area contributed by atoms with Crippen LogP contribution in [0.2, 0.25) is 0 Å². The molecule has 0 N–H and O–H groups in total. The monoisotopic (exact) mass is 390 g/mol. The van der Waals surface area contributed by atoms with Crippen LogP contribution in [0.3, 0.4) is 0 Å². The third-order valence-electron chi connectivity index (χ3n) is 2.51. The Labute approximate surface area is 124 Å². The number of rotatable bonds is 4. The second-order valence-corrected chi connectivity index (χ2v) is 6.56. The van der Waals surface area contributed by atoms with E-state index in [0.717, 1.165) is 9.18 Å². The van der Waals surface area contributed by atoms with Crippen molar-refractivity contribution in [3.05, 3.63) is 77.6 Å². The normalized spacial score (nSPS) is 11.4. The summed E-state index contributed by atoms with van der Waals surface area (Å²) < 4.78 is 13.9. The van der Waals surface area contributed by atoms with Crippen LogP contribution in [0, 0.1) is 5.82 Å². The Kier molecular flexibility index (Phi) is 5.15. The van der Waals surface area contributed by atoms with Gasteiger partial charge in [0.05, 0.1) is 0 Å². The Morgan fingerprint density at radius 3 is 2.37 bits per heavy atom. The second kappa shape index (κ2) is 6.86. The van der Waals surface area contributed by atoms with Gasteiger partial charge in [-0.2, -0.15) is 0 Å². The first-order valence-electron chi connectivity index (χ1n) is 5.56. The van der Waals surface area contributed by atoms with Gasteiger partial charge in [0, 0.05) is 0 Å². The molecule has 0 radical (unpaired) electrons. The first kappa shape index (κ1) is 14.3. The Hall–Kier alpha value is -1.14. The van der Waals surface area contributed by atoms with Crippen LogP contribution < -0.4 is 0 Å². The summed E-state index contributed by atoms with van der Waals surface area (Å²) in [5.41, 5.74) is 1.29. The summed E-state index contributed by atoms with van der Waals surface area (Å²) in [5, 5.41) is 0. The summed E-state index contributed by atoms with van der Waals surface area (Å²) in [7, 11) is 6.00. The third kappa shape index (κ3) is 3.91. The predicted octanol–water partition coefficient (Wildman–Crippen LogP) is 3.91. The van der Waals surface area contributed by atoms with Crippen molar-refractivity contribution < 1.29 is 9.18 Å². The van der Waals surface area contributed by atoms with Crippen LogP contribution in [0.4, 0.5) is 4.39 Å². The zero-order valence-corrected chi connectivity index (χ0v) is 12.9. The number of hydrogen-bond acceptors (Lipinski definition) is 1. The fourth-order valence-corrected chi connectivity index (χ4v) is 3.57. The van der Waals surface area contributed by atoms with E-state index >= 15 is 0 Å². The molecule has 2 aromatic rings. The molecule has 0 fully saturated rings. The van der Waals surface area contributed by atoms with Gasteiger partial charge in [-0.3, -0.25) is 0 Å². The van der Waals surface area contributed by atoms with Gasteiger partial charge in [0.25, 0.3) is 0 Å². The summed E-state index contributed by atoms with van der Waals surface area (Å²) >= 11 is -0.930. The Morgan fingerprint density at radius 1 is 1.05 bits per heavy atom. The van der Waals surface area contributed by atoms with Crippen molar-refractivity contribution in [3.63, 3.8) is 0 Å². The van der Waals surface area contributed by atoms with Gasteiger partial charge in [-0.25, -0.2) is 0 Å². The number of carbonyl (C=O) groups is 1. The van der Waals surface area contributed by atoms with E-state index in [0.29, 0.717) is 5.56 Å². The summed E-state index contributed by atoms with van der Waals surface area (Å²) in [5.74, 6) is -0.632. The molecule has 1 nitrogen and oxygen atoms in total. The van der Waals surface area contributed by atoms with E-state index in [1.54, 1.807) is 6.07 Å². The maximum atomic E-state index is 13.1. The number of ketones is 1. The van der Waals surface area contributed by atoms with Gasteiger partial charge in [0.1, 0.15) is 0 Å². The van der Waals surface area contributed by atoms with Gasteiger partial charge in [-0.1, -0.05) is 0 Å². The zero-order valence-electron chi connectivity index (χ0n) is 9.85. The van der Waals surface area contributed by atoms with Gasteiger partial charge in [0.2, 0.25) is 0 Å². The van der Waals surface area contributed by atoms with Crippen molar-refractivity contribution >= 4 is 38.2 Å². The van der Waals surface area contributed by atoms with Crippen molar-refractivity contribution in [2.45, 2.75) is 0 Å². The summed E-state index contributed by atoms with van der Waals surface area (Å²) in [6.45, 7) is 0. The van der Waals surface area contributed by atoms with E-state index in [-0.39, 0.29) is 5.78 Å². The van der Waals surface area contributed by atoms with Crippen molar-refractivity contribution in [3.8, 4) is 0 Å². The van der Waals surface area contributed by atoms with Crippen molar-refractivity contribution in [2.24, 2.45) is 0 Å². The molecular formula is C15H10ClFOTe. The van der Waals surface area contributed by atoms with Gasteiger partial charge in [-0.05, 0) is 0 Å². The first-order valence-corrected chi connectivity index (χ1v) is 9.68. The SMILES string of the molecule is O=C(/C=C(\[Te]Cl)c1ccccc1)c1cccc(F)c1.